The number of sulfonamides is 1. The van der Waals surface area contributed by atoms with E-state index in [1.165, 1.54) is 36.0 Å². The number of hydrogen-bond donors (Lipinski definition) is 4. The molecule has 0 saturated carbocycles. The van der Waals surface area contributed by atoms with Gasteiger partial charge >= 0.3 is 0 Å². The molecule has 3 rings (SSSR count). The molecule has 170 valence electrons. The zero-order valence-corrected chi connectivity index (χ0v) is 19.3. The van der Waals surface area contributed by atoms with E-state index in [0.29, 0.717) is 34.0 Å². The van der Waals surface area contributed by atoms with Gasteiger partial charge < -0.3 is 16.0 Å². The maximum absolute atomic E-state index is 12.5. The average molecular weight is 476 g/mol. The molecule has 0 saturated heterocycles. The smallest absolute Gasteiger partial charge is 0.248 e. The lowest BCUT2D eigenvalue weighted by Crippen LogP contribution is -2.24. The van der Waals surface area contributed by atoms with Crippen LogP contribution in [0.5, 0.6) is 0 Å². The molecule has 0 aliphatic carbocycles. The molecule has 2 amide bonds. The Labute approximate surface area is 190 Å². The van der Waals surface area contributed by atoms with Crippen molar-refractivity contribution in [2.75, 3.05) is 11.9 Å². The van der Waals surface area contributed by atoms with Crippen LogP contribution in [0, 0.1) is 0 Å². The molecule has 2 aromatic carbocycles. The summed E-state index contributed by atoms with van der Waals surface area (Å²) in [4.78, 5) is 31.3. The Morgan fingerprint density at radius 2 is 1.91 bits per heavy atom. The fourth-order valence-electron chi connectivity index (χ4n) is 2.84. The van der Waals surface area contributed by atoms with Crippen LogP contribution in [0.4, 0.5) is 5.69 Å². The number of benzene rings is 2. The van der Waals surface area contributed by atoms with Crippen molar-refractivity contribution in [3.05, 3.63) is 48.0 Å². The molecule has 1 aromatic heterocycles. The molecule has 0 aliphatic heterocycles. The SMILES string of the molecule is CCCCNS(=O)(=O)c1ccc2nc(S[C@H](C)C(=O)Nc3ccc(C(N)=O)cc3)[nH]c2c1. The minimum absolute atomic E-state index is 0.159. The number of nitrogens with two attached hydrogens (primary N) is 1. The van der Waals surface area contributed by atoms with Crippen molar-refractivity contribution in [2.45, 2.75) is 42.0 Å². The molecule has 32 heavy (non-hydrogen) atoms. The molecule has 0 aliphatic rings. The predicted octanol–water partition coefficient (Wildman–Crippen LogP) is 2.86. The third kappa shape index (κ3) is 5.87. The van der Waals surface area contributed by atoms with E-state index >= 15 is 0 Å². The van der Waals surface area contributed by atoms with Crippen LogP contribution in [0.15, 0.2) is 52.5 Å². The first-order valence-electron chi connectivity index (χ1n) is 10.1. The maximum Gasteiger partial charge on any atom is 0.248 e. The number of anilines is 1. The van der Waals surface area contributed by atoms with Gasteiger partial charge in [0.05, 0.1) is 21.2 Å². The van der Waals surface area contributed by atoms with E-state index < -0.39 is 21.2 Å². The van der Waals surface area contributed by atoms with Crippen LogP contribution in [0.1, 0.15) is 37.0 Å². The fourth-order valence-corrected chi connectivity index (χ4v) is 4.76. The Hall–Kier alpha value is -2.89. The number of hydrogen-bond acceptors (Lipinski definition) is 6. The van der Waals surface area contributed by atoms with Crippen LogP contribution in [-0.2, 0) is 14.8 Å². The number of aromatic nitrogens is 2. The van der Waals surface area contributed by atoms with E-state index in [4.69, 9.17) is 5.73 Å². The highest BCUT2D eigenvalue weighted by molar-refractivity contribution is 8.00. The van der Waals surface area contributed by atoms with Gasteiger partial charge in [0.2, 0.25) is 21.8 Å². The van der Waals surface area contributed by atoms with Gasteiger partial charge in [0.25, 0.3) is 0 Å². The minimum Gasteiger partial charge on any atom is -0.366 e. The van der Waals surface area contributed by atoms with Crippen molar-refractivity contribution in [2.24, 2.45) is 5.73 Å². The number of unbranched alkanes of at least 4 members (excludes halogenated alkanes) is 1. The number of imidazole rings is 1. The molecule has 0 unspecified atom stereocenters. The van der Waals surface area contributed by atoms with Crippen molar-refractivity contribution in [1.29, 1.82) is 0 Å². The van der Waals surface area contributed by atoms with Crippen LogP contribution in [0.25, 0.3) is 11.0 Å². The molecule has 0 radical (unpaired) electrons. The summed E-state index contributed by atoms with van der Waals surface area (Å²) in [5.74, 6) is -0.782. The molecule has 5 N–H and O–H groups in total. The largest absolute Gasteiger partial charge is 0.366 e. The first-order valence-corrected chi connectivity index (χ1v) is 12.4. The van der Waals surface area contributed by atoms with Gasteiger partial charge in [0, 0.05) is 17.8 Å². The van der Waals surface area contributed by atoms with Crippen molar-refractivity contribution < 1.29 is 18.0 Å². The number of nitrogens with zero attached hydrogens (tertiary/aromatic N) is 1. The summed E-state index contributed by atoms with van der Waals surface area (Å²) in [6.45, 7) is 4.11. The third-order valence-electron chi connectivity index (χ3n) is 4.66. The van der Waals surface area contributed by atoms with Crippen molar-refractivity contribution >= 4 is 50.3 Å². The van der Waals surface area contributed by atoms with Gasteiger partial charge in [-0.15, -0.1) is 0 Å². The molecular weight excluding hydrogens is 450 g/mol. The summed E-state index contributed by atoms with van der Waals surface area (Å²) in [6.07, 6.45) is 1.66. The lowest BCUT2D eigenvalue weighted by atomic mass is 10.2. The van der Waals surface area contributed by atoms with Gasteiger partial charge in [-0.05, 0) is 55.8 Å². The van der Waals surface area contributed by atoms with Crippen LogP contribution in [0.3, 0.4) is 0 Å². The summed E-state index contributed by atoms with van der Waals surface area (Å²) in [5.41, 5.74) is 7.29. The van der Waals surface area contributed by atoms with E-state index in [1.54, 1.807) is 25.1 Å². The molecule has 3 aromatic rings. The number of H-pyrrole nitrogens is 1. The quantitative estimate of drug-likeness (QED) is 0.262. The van der Waals surface area contributed by atoms with Crippen LogP contribution in [-0.4, -0.2) is 42.0 Å². The van der Waals surface area contributed by atoms with Gasteiger partial charge in [-0.2, -0.15) is 0 Å². The fraction of sp³-hybridized carbons (Fsp3) is 0.286. The van der Waals surface area contributed by atoms with E-state index in [2.05, 4.69) is 20.0 Å². The van der Waals surface area contributed by atoms with Crippen LogP contribution < -0.4 is 15.8 Å². The average Bonchev–Trinajstić information content (AvgIpc) is 3.15. The number of carbonyl (C=O) groups excluding carboxylic acids is 2. The van der Waals surface area contributed by atoms with E-state index in [1.807, 2.05) is 6.92 Å². The van der Waals surface area contributed by atoms with Crippen molar-refractivity contribution in [3.8, 4) is 0 Å². The number of nitrogens with one attached hydrogen (secondary N) is 3. The molecule has 9 nitrogen and oxygen atoms in total. The van der Waals surface area contributed by atoms with Gasteiger partial charge in [-0.3, -0.25) is 9.59 Å². The Bertz CT molecular complexity index is 1220. The highest BCUT2D eigenvalue weighted by Crippen LogP contribution is 2.26. The van der Waals surface area contributed by atoms with Gasteiger partial charge in [0.15, 0.2) is 5.16 Å². The molecule has 0 spiro atoms. The second kappa shape index (κ2) is 10.2. The second-order valence-corrected chi connectivity index (χ2v) is 10.3. The number of rotatable bonds is 10. The van der Waals surface area contributed by atoms with E-state index in [9.17, 15) is 18.0 Å². The summed E-state index contributed by atoms with van der Waals surface area (Å²) in [7, 11) is -3.59. The van der Waals surface area contributed by atoms with Crippen molar-refractivity contribution in [3.63, 3.8) is 0 Å². The minimum atomic E-state index is -3.59. The monoisotopic (exact) mass is 475 g/mol. The lowest BCUT2D eigenvalue weighted by molar-refractivity contribution is -0.115. The highest BCUT2D eigenvalue weighted by atomic mass is 32.2. The number of amides is 2. The summed E-state index contributed by atoms with van der Waals surface area (Å²) in [6, 6.07) is 11.0. The zero-order valence-electron chi connectivity index (χ0n) is 17.7. The summed E-state index contributed by atoms with van der Waals surface area (Å²) in [5, 5.41) is 2.79. The highest BCUT2D eigenvalue weighted by Gasteiger charge is 2.19. The molecule has 1 heterocycles. The molecule has 1 atom stereocenters. The third-order valence-corrected chi connectivity index (χ3v) is 7.10. The first-order chi connectivity index (χ1) is 15.2. The zero-order chi connectivity index (χ0) is 23.3. The lowest BCUT2D eigenvalue weighted by Gasteiger charge is -2.10. The first kappa shape index (κ1) is 23.8. The number of carbonyl (C=O) groups is 2. The molecular formula is C21H25N5O4S2. The Balaban J connectivity index is 1.67. The van der Waals surface area contributed by atoms with Gasteiger partial charge in [-0.25, -0.2) is 18.1 Å². The van der Waals surface area contributed by atoms with Crippen molar-refractivity contribution in [1.82, 2.24) is 14.7 Å². The van der Waals surface area contributed by atoms with Crippen LogP contribution in [0.2, 0.25) is 0 Å². The Morgan fingerprint density at radius 1 is 1.19 bits per heavy atom. The van der Waals surface area contributed by atoms with Gasteiger partial charge in [0.1, 0.15) is 0 Å². The van der Waals surface area contributed by atoms with Gasteiger partial charge in [-0.1, -0.05) is 25.1 Å². The number of aromatic amines is 1. The van der Waals surface area contributed by atoms with E-state index in [0.717, 1.165) is 12.8 Å². The standard InChI is InChI=1S/C21H25N5O4S2/c1-3-4-11-23-32(29,30)16-9-10-17-18(12-16)26-21(25-17)31-13(2)20(28)24-15-7-5-14(6-8-15)19(22)27/h5-10,12-13,23H,3-4,11H2,1-2H3,(H2,22,27)(H,24,28)(H,25,26)/t13-/m1/s1. The predicted molar refractivity (Wildman–Crippen MR) is 125 cm³/mol. The number of fused-ring (bicyclic) bond motifs is 1. The van der Waals surface area contributed by atoms with E-state index in [-0.39, 0.29) is 10.8 Å². The Kier molecular flexibility index (Phi) is 7.54. The topological polar surface area (TPSA) is 147 Å². The normalized spacial score (nSPS) is 12.6. The molecule has 11 heteroatoms. The summed E-state index contributed by atoms with van der Waals surface area (Å²) < 4.78 is 27.4. The number of thioether (sulfide) groups is 1. The number of primary amides is 1. The maximum atomic E-state index is 12.5. The molecule has 0 bridgehead atoms. The molecule has 0 fully saturated rings. The summed E-state index contributed by atoms with van der Waals surface area (Å²) >= 11 is 1.22. The Morgan fingerprint density at radius 3 is 2.56 bits per heavy atom. The second-order valence-electron chi connectivity index (χ2n) is 7.16. The van der Waals surface area contributed by atoms with Crippen LogP contribution >= 0.6 is 11.8 Å².